The van der Waals surface area contributed by atoms with Crippen molar-refractivity contribution < 1.29 is 23.8 Å². The monoisotopic (exact) mass is 568 g/mol. The van der Waals surface area contributed by atoms with Crippen molar-refractivity contribution in [1.29, 1.82) is 0 Å². The van der Waals surface area contributed by atoms with Gasteiger partial charge in [-0.25, -0.2) is 4.79 Å². The minimum atomic E-state index is -0.542. The normalized spacial score (nSPS) is 13.9. The number of aromatic amines is 1. The number of H-pyrrole nitrogens is 1. The van der Waals surface area contributed by atoms with Crippen LogP contribution in [-0.2, 0) is 20.8 Å². The Hall–Kier alpha value is -4.47. The SMILES string of the molecule is Cc1cc(C)c(OCC(=O)N(COC(=O)c2ccc(CN3CCOCC3)cc2)/N=C/c2ccc3cc[nH]c3c2)c(C)c1. The van der Waals surface area contributed by atoms with Gasteiger partial charge in [-0.05, 0) is 72.7 Å². The van der Waals surface area contributed by atoms with Crippen molar-refractivity contribution in [2.24, 2.45) is 5.10 Å². The molecule has 42 heavy (non-hydrogen) atoms. The van der Waals surface area contributed by atoms with E-state index < -0.39 is 11.9 Å². The van der Waals surface area contributed by atoms with E-state index in [1.807, 2.05) is 75.5 Å². The number of hydrogen-bond acceptors (Lipinski definition) is 7. The topological polar surface area (TPSA) is 96.5 Å². The molecular formula is C33H36N4O5. The van der Waals surface area contributed by atoms with Crippen LogP contribution in [0.25, 0.3) is 10.9 Å². The number of amides is 1. The van der Waals surface area contributed by atoms with Crippen LogP contribution in [-0.4, -0.2) is 72.6 Å². The van der Waals surface area contributed by atoms with Crippen LogP contribution in [0.2, 0.25) is 0 Å². The molecule has 0 aliphatic carbocycles. The van der Waals surface area contributed by atoms with E-state index in [0.717, 1.165) is 76.6 Å². The summed E-state index contributed by atoms with van der Waals surface area (Å²) in [6.07, 6.45) is 3.43. The van der Waals surface area contributed by atoms with Gasteiger partial charge in [0.25, 0.3) is 5.91 Å². The van der Waals surface area contributed by atoms with Crippen LogP contribution in [0.4, 0.5) is 0 Å². The highest BCUT2D eigenvalue weighted by atomic mass is 16.5. The van der Waals surface area contributed by atoms with Crippen LogP contribution in [0.15, 0.2) is 72.0 Å². The molecule has 4 aromatic rings. The molecule has 1 N–H and O–H groups in total. The molecule has 0 saturated carbocycles. The second kappa shape index (κ2) is 13.5. The van der Waals surface area contributed by atoms with E-state index in [0.29, 0.717) is 11.3 Å². The molecule has 0 unspecified atom stereocenters. The molecule has 0 spiro atoms. The Kier molecular flexibility index (Phi) is 9.31. The third kappa shape index (κ3) is 7.43. The third-order valence-corrected chi connectivity index (χ3v) is 7.18. The van der Waals surface area contributed by atoms with Crippen molar-refractivity contribution in [3.8, 4) is 5.75 Å². The second-order valence-electron chi connectivity index (χ2n) is 10.5. The zero-order valence-corrected chi connectivity index (χ0v) is 24.3. The summed E-state index contributed by atoms with van der Waals surface area (Å²) < 4.78 is 16.8. The highest BCUT2D eigenvalue weighted by molar-refractivity contribution is 5.90. The maximum Gasteiger partial charge on any atom is 0.339 e. The molecule has 5 rings (SSSR count). The van der Waals surface area contributed by atoms with Gasteiger partial charge < -0.3 is 19.2 Å². The highest BCUT2D eigenvalue weighted by Gasteiger charge is 2.18. The summed E-state index contributed by atoms with van der Waals surface area (Å²) in [4.78, 5) is 31.6. The van der Waals surface area contributed by atoms with E-state index in [2.05, 4.69) is 15.0 Å². The van der Waals surface area contributed by atoms with Gasteiger partial charge in [0.2, 0.25) is 0 Å². The lowest BCUT2D eigenvalue weighted by molar-refractivity contribution is -0.137. The Morgan fingerprint density at radius 3 is 2.48 bits per heavy atom. The lowest BCUT2D eigenvalue weighted by Gasteiger charge is -2.26. The zero-order chi connectivity index (χ0) is 29.5. The van der Waals surface area contributed by atoms with Gasteiger partial charge in [0.1, 0.15) is 5.75 Å². The predicted octanol–water partition coefficient (Wildman–Crippen LogP) is 4.98. The summed E-state index contributed by atoms with van der Waals surface area (Å²) in [7, 11) is 0. The maximum atomic E-state index is 13.3. The van der Waals surface area contributed by atoms with E-state index in [4.69, 9.17) is 14.2 Å². The number of aryl methyl sites for hydroxylation is 3. The molecule has 218 valence electrons. The van der Waals surface area contributed by atoms with Crippen LogP contribution >= 0.6 is 0 Å². The first-order chi connectivity index (χ1) is 20.4. The summed E-state index contributed by atoms with van der Waals surface area (Å²) in [6.45, 7) is 9.33. The van der Waals surface area contributed by atoms with Crippen molar-refractivity contribution in [2.45, 2.75) is 27.3 Å². The van der Waals surface area contributed by atoms with Crippen molar-refractivity contribution >= 4 is 29.0 Å². The van der Waals surface area contributed by atoms with Crippen LogP contribution in [0.1, 0.15) is 38.2 Å². The largest absolute Gasteiger partial charge is 0.483 e. The Labute approximate surface area is 245 Å². The summed E-state index contributed by atoms with van der Waals surface area (Å²) >= 11 is 0. The second-order valence-corrected chi connectivity index (χ2v) is 10.5. The van der Waals surface area contributed by atoms with E-state index in [1.54, 1.807) is 18.3 Å². The minimum Gasteiger partial charge on any atom is -0.483 e. The number of aromatic nitrogens is 1. The number of carbonyl (C=O) groups is 2. The lowest BCUT2D eigenvalue weighted by Crippen LogP contribution is -2.35. The molecule has 9 heteroatoms. The van der Waals surface area contributed by atoms with Crippen LogP contribution in [0.3, 0.4) is 0 Å². The first-order valence-corrected chi connectivity index (χ1v) is 14.0. The number of benzene rings is 3. The zero-order valence-electron chi connectivity index (χ0n) is 24.3. The number of fused-ring (bicyclic) bond motifs is 1. The van der Waals surface area contributed by atoms with Gasteiger partial charge in [0.05, 0.1) is 25.0 Å². The van der Waals surface area contributed by atoms with Crippen molar-refractivity contribution in [1.82, 2.24) is 14.9 Å². The lowest BCUT2D eigenvalue weighted by atomic mass is 10.1. The van der Waals surface area contributed by atoms with Gasteiger partial charge in [-0.3, -0.25) is 9.69 Å². The number of nitrogens with one attached hydrogen (secondary N) is 1. The molecule has 0 atom stereocenters. The quantitative estimate of drug-likeness (QED) is 0.125. The van der Waals surface area contributed by atoms with Gasteiger partial charge in [0, 0.05) is 31.3 Å². The fourth-order valence-corrected chi connectivity index (χ4v) is 5.02. The molecule has 1 aromatic heterocycles. The number of rotatable bonds is 10. The molecule has 1 saturated heterocycles. The molecule has 1 aliphatic rings. The fourth-order valence-electron chi connectivity index (χ4n) is 5.02. The van der Waals surface area contributed by atoms with Gasteiger partial charge in [-0.1, -0.05) is 42.0 Å². The van der Waals surface area contributed by atoms with E-state index in [-0.39, 0.29) is 13.3 Å². The Morgan fingerprint density at radius 2 is 1.74 bits per heavy atom. The molecule has 1 fully saturated rings. The summed E-state index contributed by atoms with van der Waals surface area (Å²) in [6, 6.07) is 19.1. The van der Waals surface area contributed by atoms with E-state index >= 15 is 0 Å². The molecule has 2 heterocycles. The Balaban J connectivity index is 1.26. The number of esters is 1. The number of ether oxygens (including phenoxy) is 3. The van der Waals surface area contributed by atoms with Crippen LogP contribution in [0.5, 0.6) is 5.75 Å². The number of hydrazone groups is 1. The van der Waals surface area contributed by atoms with Gasteiger partial charge in [-0.2, -0.15) is 10.1 Å². The van der Waals surface area contributed by atoms with Crippen molar-refractivity contribution in [3.63, 3.8) is 0 Å². The standard InChI is InChI=1S/C33H36N4O5/c1-23-16-24(2)32(25(3)17-23)41-21-31(38)37(35-19-27-6-7-28-10-11-34-30(28)18-27)22-42-33(39)29-8-4-26(5-9-29)20-36-12-14-40-15-13-36/h4-11,16-19,34H,12-15,20-22H2,1-3H3/b35-19+. The number of carbonyl (C=O) groups excluding carboxylic acids is 2. The highest BCUT2D eigenvalue weighted by Crippen LogP contribution is 2.24. The molecule has 3 aromatic carbocycles. The molecule has 1 amide bonds. The Bertz CT molecular complexity index is 1550. The van der Waals surface area contributed by atoms with Gasteiger partial charge in [-0.15, -0.1) is 0 Å². The summed E-state index contributed by atoms with van der Waals surface area (Å²) in [5.41, 5.74) is 6.25. The van der Waals surface area contributed by atoms with Crippen molar-refractivity contribution in [3.05, 3.63) is 100 Å². The minimum absolute atomic E-state index is 0.258. The first-order valence-electron chi connectivity index (χ1n) is 14.0. The number of nitrogens with zero attached hydrogens (tertiary/aromatic N) is 3. The predicted molar refractivity (Wildman–Crippen MR) is 162 cm³/mol. The summed E-state index contributed by atoms with van der Waals surface area (Å²) in [5, 5.41) is 6.56. The Morgan fingerprint density at radius 1 is 1.00 bits per heavy atom. The van der Waals surface area contributed by atoms with Crippen molar-refractivity contribution in [2.75, 3.05) is 39.6 Å². The third-order valence-electron chi connectivity index (χ3n) is 7.18. The summed E-state index contributed by atoms with van der Waals surface area (Å²) in [5.74, 6) is -0.329. The number of morpholine rings is 1. The average Bonchev–Trinajstić information content (AvgIpc) is 3.45. The fraction of sp³-hybridized carbons (Fsp3) is 0.303. The van der Waals surface area contributed by atoms with Gasteiger partial charge >= 0.3 is 5.97 Å². The van der Waals surface area contributed by atoms with E-state index in [9.17, 15) is 9.59 Å². The van der Waals surface area contributed by atoms with Crippen LogP contribution < -0.4 is 4.74 Å². The van der Waals surface area contributed by atoms with Gasteiger partial charge in [0.15, 0.2) is 13.3 Å². The van der Waals surface area contributed by atoms with Crippen LogP contribution in [0, 0.1) is 20.8 Å². The molecule has 1 aliphatic heterocycles. The molecule has 0 bridgehead atoms. The first kappa shape index (κ1) is 29.0. The maximum absolute atomic E-state index is 13.3. The smallest absolute Gasteiger partial charge is 0.339 e. The average molecular weight is 569 g/mol. The molecular weight excluding hydrogens is 532 g/mol. The molecule has 9 nitrogen and oxygen atoms in total. The van der Waals surface area contributed by atoms with E-state index in [1.165, 1.54) is 0 Å². The molecule has 0 radical (unpaired) electrons. The number of hydrogen-bond donors (Lipinski definition) is 1.